The van der Waals surface area contributed by atoms with Crippen LogP contribution in [0, 0.1) is 0 Å². The van der Waals surface area contributed by atoms with Crippen LogP contribution in [0.3, 0.4) is 0 Å². The number of carbonyl (C=O) groups excluding carboxylic acids is 1. The van der Waals surface area contributed by atoms with Gasteiger partial charge in [0.2, 0.25) is 5.88 Å². The summed E-state index contributed by atoms with van der Waals surface area (Å²) in [5.74, 6) is 1.26. The van der Waals surface area contributed by atoms with Crippen molar-refractivity contribution in [2.45, 2.75) is 19.9 Å². The first-order valence-electron chi connectivity index (χ1n) is 9.09. The molecule has 0 radical (unpaired) electrons. The third-order valence-electron chi connectivity index (χ3n) is 4.28. The van der Waals surface area contributed by atoms with Gasteiger partial charge in [0.25, 0.3) is 0 Å². The molecule has 3 rings (SSSR count). The lowest BCUT2D eigenvalue weighted by molar-refractivity contribution is 0.143. The summed E-state index contributed by atoms with van der Waals surface area (Å²) in [6.45, 7) is 4.57. The van der Waals surface area contributed by atoms with Gasteiger partial charge in [-0.2, -0.15) is 0 Å². The molecular formula is C20H25N3O4. The first-order chi connectivity index (χ1) is 13.2. The predicted octanol–water partition coefficient (Wildman–Crippen LogP) is 3.10. The van der Waals surface area contributed by atoms with Crippen molar-refractivity contribution in [3.8, 4) is 11.6 Å². The molecule has 27 heavy (non-hydrogen) atoms. The molecule has 0 saturated heterocycles. The van der Waals surface area contributed by atoms with Crippen molar-refractivity contribution in [3.05, 3.63) is 47.7 Å². The molecule has 0 atom stereocenters. The second kappa shape index (κ2) is 9.23. The Morgan fingerprint density at radius 3 is 2.85 bits per heavy atom. The van der Waals surface area contributed by atoms with Crippen LogP contribution in [0.25, 0.3) is 0 Å². The summed E-state index contributed by atoms with van der Waals surface area (Å²) in [7, 11) is 1.63. The second-order valence-corrected chi connectivity index (χ2v) is 6.13. The number of ether oxygens (including phenoxy) is 3. The topological polar surface area (TPSA) is 72.9 Å². The first-order valence-corrected chi connectivity index (χ1v) is 9.09. The zero-order valence-electron chi connectivity index (χ0n) is 15.7. The highest BCUT2D eigenvalue weighted by Crippen LogP contribution is 2.25. The molecule has 0 aliphatic carbocycles. The van der Waals surface area contributed by atoms with Crippen molar-refractivity contribution in [1.29, 1.82) is 0 Å². The van der Waals surface area contributed by atoms with Crippen molar-refractivity contribution in [1.82, 2.24) is 9.88 Å². The van der Waals surface area contributed by atoms with E-state index >= 15 is 0 Å². The van der Waals surface area contributed by atoms with E-state index in [1.807, 2.05) is 43.3 Å². The molecule has 2 aromatic rings. The second-order valence-electron chi connectivity index (χ2n) is 6.13. The Balaban J connectivity index is 1.63. The zero-order chi connectivity index (χ0) is 19.1. The molecular weight excluding hydrogens is 346 g/mol. The molecule has 0 spiro atoms. The number of carbonyl (C=O) groups is 1. The van der Waals surface area contributed by atoms with Crippen molar-refractivity contribution in [3.63, 3.8) is 0 Å². The van der Waals surface area contributed by atoms with E-state index in [1.165, 1.54) is 0 Å². The number of para-hydroxylation sites is 2. The molecule has 2 amide bonds. The van der Waals surface area contributed by atoms with E-state index in [9.17, 15) is 4.79 Å². The Labute approximate surface area is 159 Å². The van der Waals surface area contributed by atoms with E-state index in [4.69, 9.17) is 14.2 Å². The summed E-state index contributed by atoms with van der Waals surface area (Å²) in [6, 6.07) is 11.1. The highest BCUT2D eigenvalue weighted by atomic mass is 16.5. The molecule has 0 bridgehead atoms. The van der Waals surface area contributed by atoms with E-state index in [-0.39, 0.29) is 6.03 Å². The zero-order valence-corrected chi connectivity index (χ0v) is 15.7. The van der Waals surface area contributed by atoms with Gasteiger partial charge in [0.05, 0.1) is 24.6 Å². The van der Waals surface area contributed by atoms with Crippen LogP contribution in [0.5, 0.6) is 11.6 Å². The highest BCUT2D eigenvalue weighted by molar-refractivity contribution is 5.91. The van der Waals surface area contributed by atoms with Crippen molar-refractivity contribution in [2.75, 3.05) is 38.8 Å². The molecule has 1 aromatic heterocycles. The van der Waals surface area contributed by atoms with Crippen LogP contribution in [-0.2, 0) is 17.7 Å². The molecule has 0 unspecified atom stereocenters. The largest absolute Gasteiger partial charge is 0.492 e. The first kappa shape index (κ1) is 19.0. The number of pyridine rings is 1. The summed E-state index contributed by atoms with van der Waals surface area (Å²) < 4.78 is 16.1. The summed E-state index contributed by atoms with van der Waals surface area (Å²) in [4.78, 5) is 19.0. The molecule has 7 nitrogen and oxygen atoms in total. The molecule has 144 valence electrons. The molecule has 1 aromatic carbocycles. The number of aromatic nitrogens is 1. The number of nitrogens with zero attached hydrogens (tertiary/aromatic N) is 2. The molecule has 1 aliphatic rings. The summed E-state index contributed by atoms with van der Waals surface area (Å²) in [5.41, 5.74) is 2.69. The average Bonchev–Trinajstić information content (AvgIpc) is 2.69. The van der Waals surface area contributed by atoms with E-state index < -0.39 is 0 Å². The number of anilines is 1. The van der Waals surface area contributed by atoms with Gasteiger partial charge < -0.3 is 24.4 Å². The fraction of sp³-hybridized carbons (Fsp3) is 0.400. The maximum Gasteiger partial charge on any atom is 0.322 e. The highest BCUT2D eigenvalue weighted by Gasteiger charge is 2.22. The Morgan fingerprint density at radius 1 is 1.19 bits per heavy atom. The lowest BCUT2D eigenvalue weighted by atomic mass is 10.1. The van der Waals surface area contributed by atoms with Crippen LogP contribution in [0.4, 0.5) is 10.5 Å². The maximum absolute atomic E-state index is 12.7. The normalized spacial score (nSPS) is 13.0. The fourth-order valence-electron chi connectivity index (χ4n) is 2.92. The van der Waals surface area contributed by atoms with E-state index in [1.54, 1.807) is 12.0 Å². The van der Waals surface area contributed by atoms with Gasteiger partial charge >= 0.3 is 6.03 Å². The quantitative estimate of drug-likeness (QED) is 0.757. The van der Waals surface area contributed by atoms with Crippen LogP contribution < -0.4 is 14.8 Å². The minimum Gasteiger partial charge on any atom is -0.492 e. The monoisotopic (exact) mass is 371 g/mol. The standard InChI is InChI=1S/C20H25N3O4/c1-3-26-18-7-5-4-6-17(18)22-20(24)23-11-10-16-15(14-23)8-9-19(21-16)27-13-12-25-2/h4-9H,3,10-14H2,1-2H3,(H,22,24). The van der Waals surface area contributed by atoms with Gasteiger partial charge in [0.1, 0.15) is 12.4 Å². The number of fused-ring (bicyclic) bond motifs is 1. The smallest absolute Gasteiger partial charge is 0.322 e. The van der Waals surface area contributed by atoms with Gasteiger partial charge in [-0.15, -0.1) is 0 Å². The number of amides is 2. The Morgan fingerprint density at radius 2 is 2.04 bits per heavy atom. The third kappa shape index (κ3) is 4.89. The van der Waals surface area contributed by atoms with E-state index in [2.05, 4.69) is 10.3 Å². The SMILES string of the molecule is CCOc1ccccc1NC(=O)N1CCc2nc(OCCOC)ccc2C1. The third-order valence-corrected chi connectivity index (χ3v) is 4.28. The molecule has 0 fully saturated rings. The van der Waals surface area contributed by atoms with Crippen LogP contribution >= 0.6 is 0 Å². The van der Waals surface area contributed by atoms with Crippen LogP contribution in [0.2, 0.25) is 0 Å². The van der Waals surface area contributed by atoms with Crippen LogP contribution in [0.1, 0.15) is 18.2 Å². The number of rotatable bonds is 7. The average molecular weight is 371 g/mol. The fourth-order valence-corrected chi connectivity index (χ4v) is 2.92. The number of hydrogen-bond acceptors (Lipinski definition) is 5. The van der Waals surface area contributed by atoms with Gasteiger partial charge in [-0.1, -0.05) is 18.2 Å². The summed E-state index contributed by atoms with van der Waals surface area (Å²) >= 11 is 0. The molecule has 1 aliphatic heterocycles. The number of urea groups is 1. The lowest BCUT2D eigenvalue weighted by Crippen LogP contribution is -2.39. The van der Waals surface area contributed by atoms with E-state index in [0.717, 1.165) is 11.3 Å². The van der Waals surface area contributed by atoms with Gasteiger partial charge in [-0.25, -0.2) is 9.78 Å². The molecule has 2 heterocycles. The van der Waals surface area contributed by atoms with Crippen LogP contribution in [0.15, 0.2) is 36.4 Å². The maximum atomic E-state index is 12.7. The molecule has 0 saturated carbocycles. The minimum absolute atomic E-state index is 0.145. The van der Waals surface area contributed by atoms with Crippen molar-refractivity contribution < 1.29 is 19.0 Å². The van der Waals surface area contributed by atoms with Gasteiger partial charge in [-0.05, 0) is 24.6 Å². The Kier molecular flexibility index (Phi) is 6.49. The number of nitrogens with one attached hydrogen (secondary N) is 1. The Hall–Kier alpha value is -2.80. The molecule has 1 N–H and O–H groups in total. The number of benzene rings is 1. The van der Waals surface area contributed by atoms with Crippen molar-refractivity contribution >= 4 is 11.7 Å². The Bertz CT molecular complexity index is 782. The predicted molar refractivity (Wildman–Crippen MR) is 102 cm³/mol. The van der Waals surface area contributed by atoms with E-state index in [0.29, 0.717) is 56.6 Å². The van der Waals surface area contributed by atoms with Gasteiger partial charge in [0, 0.05) is 32.7 Å². The molecule has 7 heteroatoms. The van der Waals surface area contributed by atoms with Crippen molar-refractivity contribution in [2.24, 2.45) is 0 Å². The van der Waals surface area contributed by atoms with Crippen LogP contribution in [-0.4, -0.2) is 49.4 Å². The minimum atomic E-state index is -0.145. The number of methoxy groups -OCH3 is 1. The summed E-state index contributed by atoms with van der Waals surface area (Å²) in [5, 5.41) is 2.94. The lowest BCUT2D eigenvalue weighted by Gasteiger charge is -2.28. The number of hydrogen-bond donors (Lipinski definition) is 1. The summed E-state index contributed by atoms with van der Waals surface area (Å²) in [6.07, 6.45) is 0.692. The van der Waals surface area contributed by atoms with Gasteiger partial charge in [0.15, 0.2) is 0 Å². The van der Waals surface area contributed by atoms with Gasteiger partial charge in [-0.3, -0.25) is 0 Å².